The number of nitrogens with one attached hydrogen (secondary N) is 1. The monoisotopic (exact) mass is 930 g/mol. The van der Waals surface area contributed by atoms with Crippen molar-refractivity contribution in [1.29, 1.82) is 0 Å². The molecule has 4 saturated carbocycles. The van der Waals surface area contributed by atoms with Crippen molar-refractivity contribution in [3.63, 3.8) is 0 Å². The van der Waals surface area contributed by atoms with Gasteiger partial charge in [-0.1, -0.05) is 48.5 Å². The van der Waals surface area contributed by atoms with Gasteiger partial charge in [0, 0.05) is 56.5 Å². The first kappa shape index (κ1) is 49.4. The van der Waals surface area contributed by atoms with Gasteiger partial charge in [-0.2, -0.15) is 0 Å². The zero-order valence-corrected chi connectivity index (χ0v) is 36.6. The summed E-state index contributed by atoms with van der Waals surface area (Å²) in [6.45, 7) is 15.6. The number of likely N-dealkylation sites (N-methyl/N-ethyl adjacent to an activating group) is 2. The predicted octanol–water partition coefficient (Wildman–Crippen LogP) is 3.00. The molecule has 4 aliphatic carbocycles. The molecule has 12 heteroatoms. The molecule has 5 fully saturated rings. The Morgan fingerprint density at radius 2 is 1.45 bits per heavy atom. The van der Waals surface area contributed by atoms with Crippen molar-refractivity contribution < 1.29 is 79.5 Å². The van der Waals surface area contributed by atoms with E-state index in [1.807, 2.05) is 0 Å². The summed E-state index contributed by atoms with van der Waals surface area (Å²) in [4.78, 5) is 52.9. The molecule has 11 nitrogen and oxygen atoms in total. The molecule has 2 N–H and O–H groups in total. The van der Waals surface area contributed by atoms with Crippen molar-refractivity contribution in [3.8, 4) is 0 Å². The number of fused-ring (bicyclic) bond motifs is 5. The van der Waals surface area contributed by atoms with E-state index in [9.17, 15) is 39.6 Å². The van der Waals surface area contributed by atoms with Crippen LogP contribution in [0.3, 0.4) is 0 Å². The van der Waals surface area contributed by atoms with Gasteiger partial charge in [0.2, 0.25) is 5.91 Å². The molecule has 0 spiro atoms. The first-order chi connectivity index (χ1) is 25.6. The van der Waals surface area contributed by atoms with E-state index in [0.29, 0.717) is 74.8 Å². The molecule has 10 atom stereocenters. The van der Waals surface area contributed by atoms with Gasteiger partial charge in [-0.05, 0) is 161 Å². The number of hydrogen-bond donors (Lipinski definition) is 2. The number of carboxylic acids is 3. The number of hydrogen-bond acceptors (Lipinski definition) is 10. The van der Waals surface area contributed by atoms with E-state index < -0.39 is 35.3 Å². The average Bonchev–Trinajstić information content (AvgIpc) is 3.36. The van der Waals surface area contributed by atoms with Gasteiger partial charge in [0.1, 0.15) is 0 Å². The van der Waals surface area contributed by atoms with Crippen molar-refractivity contribution in [2.24, 2.45) is 57.7 Å². The molecule has 0 aromatic rings. The Morgan fingerprint density at radius 1 is 0.821 bits per heavy atom. The fourth-order valence-electron chi connectivity index (χ4n) is 13.4. The Balaban J connectivity index is 0.00000420. The number of carboxylic acid groups (broad SMARTS) is 3. The van der Waals surface area contributed by atoms with Crippen LogP contribution in [0.5, 0.6) is 0 Å². The summed E-state index contributed by atoms with van der Waals surface area (Å²) >= 11 is 0. The minimum atomic E-state index is -1.24. The number of nitrogens with zero attached hydrogens (tertiary/aromatic N) is 2. The number of carbonyl (C=O) groups excluding carboxylic acids is 4. The number of rotatable bonds is 17. The zero-order chi connectivity index (χ0) is 39.4. The molecule has 0 aromatic heterocycles. The molecule has 5 aliphatic rings. The second kappa shape index (κ2) is 21.1. The summed E-state index contributed by atoms with van der Waals surface area (Å²) in [5.41, 5.74) is -0.612. The van der Waals surface area contributed by atoms with Crippen LogP contribution in [-0.4, -0.2) is 90.1 Å². The molecule has 1 saturated heterocycles. The van der Waals surface area contributed by atoms with Crippen LogP contribution in [-0.2, 0) is 19.2 Å². The van der Waals surface area contributed by atoms with Gasteiger partial charge in [-0.3, -0.25) is 4.79 Å². The third-order valence-corrected chi connectivity index (χ3v) is 16.4. The minimum Gasteiger partial charge on any atom is -0.550 e. The summed E-state index contributed by atoms with van der Waals surface area (Å²) in [5, 5.41) is 50.2. The number of aliphatic carboxylic acids is 3. The third-order valence-electron chi connectivity index (χ3n) is 16.4. The van der Waals surface area contributed by atoms with Crippen LogP contribution in [0.15, 0.2) is 0 Å². The second-order valence-corrected chi connectivity index (χ2v) is 19.0. The van der Waals surface area contributed by atoms with E-state index in [1.54, 1.807) is 0 Å². The van der Waals surface area contributed by atoms with Crippen LogP contribution >= 0.6 is 0 Å². The Labute approximate surface area is 369 Å². The molecular formula is C44H74GdN3O8. The molecular weight excluding hydrogens is 856 g/mol. The molecule has 56 heavy (non-hydrogen) atoms. The summed E-state index contributed by atoms with van der Waals surface area (Å²) < 4.78 is 0. The smallest absolute Gasteiger partial charge is 0.550 e. The maximum Gasteiger partial charge on any atom is 3.00 e. The molecule has 0 aromatic carbocycles. The molecule has 1 heterocycles. The fourth-order valence-corrected chi connectivity index (χ4v) is 13.4. The van der Waals surface area contributed by atoms with Crippen molar-refractivity contribution in [2.45, 2.75) is 157 Å². The Kier molecular flexibility index (Phi) is 18.6. The zero-order valence-electron chi connectivity index (χ0n) is 34.3. The maximum atomic E-state index is 13.4. The van der Waals surface area contributed by atoms with Gasteiger partial charge >= 0.3 is 39.9 Å². The molecule has 1 aliphatic heterocycles. The van der Waals surface area contributed by atoms with Gasteiger partial charge in [-0.25, -0.2) is 0 Å². The van der Waals surface area contributed by atoms with Gasteiger partial charge in [0.15, 0.2) is 0 Å². The molecule has 0 bridgehead atoms. The molecule has 321 valence electrons. The summed E-state index contributed by atoms with van der Waals surface area (Å²) in [6.07, 6.45) is 10.2. The topological polar surface area (TPSA) is 176 Å². The van der Waals surface area contributed by atoms with E-state index in [4.69, 9.17) is 0 Å². The van der Waals surface area contributed by atoms with Gasteiger partial charge in [0.05, 0.1) is 6.10 Å². The van der Waals surface area contributed by atoms with Crippen LogP contribution in [0.4, 0.5) is 0 Å². The van der Waals surface area contributed by atoms with Crippen LogP contribution in [0, 0.1) is 97.6 Å². The normalized spacial score (nSPS) is 34.7. The van der Waals surface area contributed by atoms with E-state index in [-0.39, 0.29) is 95.3 Å². The quantitative estimate of drug-likeness (QED) is 0.207. The molecule has 5 rings (SSSR count). The van der Waals surface area contributed by atoms with Crippen LogP contribution < -0.4 is 20.6 Å². The maximum absolute atomic E-state index is 13.4. The Morgan fingerprint density at radius 3 is 2.02 bits per heavy atom. The molecule has 4 unspecified atom stereocenters. The third kappa shape index (κ3) is 10.9. The summed E-state index contributed by atoms with van der Waals surface area (Å²) in [6, 6.07) is 0.131. The van der Waals surface area contributed by atoms with Crippen molar-refractivity contribution in [1.82, 2.24) is 15.1 Å². The molecule has 1 radical (unpaired) electrons. The summed E-state index contributed by atoms with van der Waals surface area (Å²) in [5.74, 6) is -1.48. The van der Waals surface area contributed by atoms with Gasteiger partial charge in [0.25, 0.3) is 0 Å². The van der Waals surface area contributed by atoms with Gasteiger partial charge < -0.3 is 49.9 Å². The largest absolute Gasteiger partial charge is 3.00 e. The van der Waals surface area contributed by atoms with E-state index in [0.717, 1.165) is 77.5 Å². The van der Waals surface area contributed by atoms with Crippen LogP contribution in [0.2, 0.25) is 0 Å². The first-order valence-electron chi connectivity index (χ1n) is 21.6. The number of unbranched alkanes of at least 4 members (excludes halogenated alkanes) is 1. The fraction of sp³-hybridized carbons (Fsp3) is 0.909. The second-order valence-electron chi connectivity index (χ2n) is 19.0. The number of aliphatic hydroxyl groups excluding tert-OH is 1. The SMILES string of the molecule is C.CCN1CCN(CC)CC(CCCCC(=O)N[C@H]2CC[C@]3(C)C4C[C@H](O)[C@@]5(C)C(CC[C@@H]5C(C)CCC(=O)[O-])C4CC[C@@H]3C2)(C(CC(=O)[O-])CC(=O)[O-])C1.[Gd+3]. The average molecular weight is 930 g/mol. The summed E-state index contributed by atoms with van der Waals surface area (Å²) in [7, 11) is 0. The van der Waals surface area contributed by atoms with Crippen LogP contribution in [0.1, 0.15) is 145 Å². The van der Waals surface area contributed by atoms with E-state index in [1.165, 1.54) is 0 Å². The number of aliphatic hydroxyl groups is 1. The van der Waals surface area contributed by atoms with Crippen molar-refractivity contribution in [3.05, 3.63) is 0 Å². The standard InChI is InChI=1S/C43H73N3O8.CH4.Gd/c1-6-45-20-21-46(7-2)27-43(26-45,30(23-39(51)52)24-40(53)54)18-9-8-10-37(48)44-31-17-19-41(4)29(22-31)12-13-32-34-15-14-33(28(3)11-16-38(49)50)42(34,5)36(47)25-35(32)41;;/h28-36,47H,6-27H2,1-5H3,(H,44,48)(H,49,50)(H,51,52)(H,53,54);1H4;/q;;+3/p-3/t28?,29-,31+,32?,33-,34?,35?,36+,41+,42-;;/m1../s1. The van der Waals surface area contributed by atoms with E-state index in [2.05, 4.69) is 49.7 Å². The predicted molar refractivity (Wildman–Crippen MR) is 207 cm³/mol. The van der Waals surface area contributed by atoms with Crippen LogP contribution in [0.25, 0.3) is 0 Å². The minimum absolute atomic E-state index is 0. The van der Waals surface area contributed by atoms with E-state index >= 15 is 0 Å². The molecule has 1 amide bonds. The van der Waals surface area contributed by atoms with Gasteiger partial charge in [-0.15, -0.1) is 0 Å². The number of carbonyl (C=O) groups is 4. The van der Waals surface area contributed by atoms with Crippen molar-refractivity contribution >= 4 is 23.8 Å². The Bertz CT molecular complexity index is 1300. The Hall–Kier alpha value is -0.915. The number of amides is 1. The first-order valence-corrected chi connectivity index (χ1v) is 21.6. The van der Waals surface area contributed by atoms with Crippen molar-refractivity contribution in [2.75, 3.05) is 39.3 Å².